The van der Waals surface area contributed by atoms with Gasteiger partial charge >= 0.3 is 11.8 Å². The second-order valence-corrected chi connectivity index (χ2v) is 4.96. The van der Waals surface area contributed by atoms with Crippen LogP contribution in [0.25, 0.3) is 0 Å². The van der Waals surface area contributed by atoms with Crippen molar-refractivity contribution in [3.8, 4) is 0 Å². The summed E-state index contributed by atoms with van der Waals surface area (Å²) in [5, 5.41) is 10.9. The minimum absolute atomic E-state index is 0.0459. The average Bonchev–Trinajstić information content (AvgIpc) is 2.83. The monoisotopic (exact) mass is 303 g/mol. The normalized spacial score (nSPS) is 10.5. The number of nitro groups is 1. The average molecular weight is 303 g/mol. The number of aromatic nitrogens is 2. The molecule has 0 aliphatic rings. The van der Waals surface area contributed by atoms with E-state index in [1.54, 1.807) is 19.1 Å². The van der Waals surface area contributed by atoms with E-state index in [-0.39, 0.29) is 19.0 Å². The SMILES string of the molecule is Cc1cccc(C(=O)OCCn2c([N+](=O)[O-])cnc2C)c1C. The zero-order valence-corrected chi connectivity index (χ0v) is 12.7. The Morgan fingerprint density at radius 2 is 2.09 bits per heavy atom. The van der Waals surface area contributed by atoms with Gasteiger partial charge in [0.25, 0.3) is 0 Å². The highest BCUT2D eigenvalue weighted by Gasteiger charge is 2.18. The summed E-state index contributed by atoms with van der Waals surface area (Å²) in [4.78, 5) is 26.3. The van der Waals surface area contributed by atoms with E-state index in [9.17, 15) is 14.9 Å². The molecule has 0 saturated carbocycles. The van der Waals surface area contributed by atoms with Crippen LogP contribution in [0.4, 0.5) is 5.82 Å². The molecule has 7 nitrogen and oxygen atoms in total. The maximum Gasteiger partial charge on any atom is 0.342 e. The Labute approximate surface area is 127 Å². The summed E-state index contributed by atoms with van der Waals surface area (Å²) in [5.41, 5.74) is 2.39. The smallest absolute Gasteiger partial charge is 0.342 e. The van der Waals surface area contributed by atoms with E-state index in [0.717, 1.165) is 11.1 Å². The van der Waals surface area contributed by atoms with E-state index < -0.39 is 10.9 Å². The molecule has 0 N–H and O–H groups in total. The summed E-state index contributed by atoms with van der Waals surface area (Å²) in [7, 11) is 0. The minimum Gasteiger partial charge on any atom is -0.458 e. The fourth-order valence-corrected chi connectivity index (χ4v) is 2.16. The van der Waals surface area contributed by atoms with Crippen LogP contribution in [0.2, 0.25) is 0 Å². The Morgan fingerprint density at radius 3 is 2.77 bits per heavy atom. The molecule has 0 atom stereocenters. The number of esters is 1. The first-order chi connectivity index (χ1) is 10.4. The Balaban J connectivity index is 2.02. The molecule has 1 heterocycles. The lowest BCUT2D eigenvalue weighted by molar-refractivity contribution is -0.392. The van der Waals surface area contributed by atoms with Crippen LogP contribution in [-0.4, -0.2) is 27.1 Å². The standard InChI is InChI=1S/C15H17N3O4/c1-10-5-4-6-13(11(10)2)15(19)22-8-7-17-12(3)16-9-14(17)18(20)21/h4-6,9H,7-8H2,1-3H3. The van der Waals surface area contributed by atoms with Crippen molar-refractivity contribution >= 4 is 11.8 Å². The molecule has 0 saturated heterocycles. The van der Waals surface area contributed by atoms with Crippen molar-refractivity contribution in [1.29, 1.82) is 0 Å². The molecule has 0 radical (unpaired) electrons. The summed E-state index contributed by atoms with van der Waals surface area (Å²) < 4.78 is 6.63. The van der Waals surface area contributed by atoms with Gasteiger partial charge in [-0.1, -0.05) is 12.1 Å². The highest BCUT2D eigenvalue weighted by atomic mass is 16.6. The van der Waals surface area contributed by atoms with E-state index in [0.29, 0.717) is 11.4 Å². The molecule has 7 heteroatoms. The van der Waals surface area contributed by atoms with Gasteiger partial charge in [-0.15, -0.1) is 0 Å². The van der Waals surface area contributed by atoms with Crippen LogP contribution in [0.5, 0.6) is 0 Å². The predicted molar refractivity (Wildman–Crippen MR) is 79.8 cm³/mol. The van der Waals surface area contributed by atoms with Crippen molar-refractivity contribution in [3.05, 3.63) is 57.0 Å². The molecule has 0 fully saturated rings. The molecular formula is C15H17N3O4. The lowest BCUT2D eigenvalue weighted by atomic mass is 10.0. The van der Waals surface area contributed by atoms with Crippen molar-refractivity contribution in [3.63, 3.8) is 0 Å². The molecule has 0 unspecified atom stereocenters. The number of rotatable bonds is 5. The van der Waals surface area contributed by atoms with Gasteiger partial charge in [-0.3, -0.25) is 0 Å². The molecule has 0 spiro atoms. The van der Waals surface area contributed by atoms with Crippen molar-refractivity contribution < 1.29 is 14.5 Å². The van der Waals surface area contributed by atoms with Crippen LogP contribution < -0.4 is 0 Å². The van der Waals surface area contributed by atoms with Crippen LogP contribution in [-0.2, 0) is 11.3 Å². The maximum absolute atomic E-state index is 12.1. The summed E-state index contributed by atoms with van der Waals surface area (Å²) in [5.74, 6) is -0.0311. The van der Waals surface area contributed by atoms with E-state index in [1.807, 2.05) is 19.9 Å². The first-order valence-corrected chi connectivity index (χ1v) is 6.81. The van der Waals surface area contributed by atoms with Crippen LogP contribution in [0.15, 0.2) is 24.4 Å². The zero-order valence-electron chi connectivity index (χ0n) is 12.7. The molecule has 2 aromatic rings. The van der Waals surface area contributed by atoms with Gasteiger partial charge in [-0.2, -0.15) is 0 Å². The molecule has 1 aromatic carbocycles. The lowest BCUT2D eigenvalue weighted by Crippen LogP contribution is -2.14. The summed E-state index contributed by atoms with van der Waals surface area (Å²) in [6.45, 7) is 5.68. The molecule has 1 aromatic heterocycles. The van der Waals surface area contributed by atoms with Gasteiger partial charge < -0.3 is 14.9 Å². The largest absolute Gasteiger partial charge is 0.458 e. The number of carbonyl (C=O) groups excluding carboxylic acids is 1. The van der Waals surface area contributed by atoms with Crippen LogP contribution in [0.3, 0.4) is 0 Å². The number of aryl methyl sites for hydroxylation is 2. The molecular weight excluding hydrogens is 286 g/mol. The molecule has 0 bridgehead atoms. The van der Waals surface area contributed by atoms with E-state index in [1.165, 1.54) is 10.8 Å². The molecule has 0 aliphatic heterocycles. The molecule has 116 valence electrons. The molecule has 0 amide bonds. The van der Waals surface area contributed by atoms with Crippen LogP contribution >= 0.6 is 0 Å². The first kappa shape index (κ1) is 15.7. The minimum atomic E-state index is -0.507. The van der Waals surface area contributed by atoms with Crippen LogP contribution in [0.1, 0.15) is 27.3 Å². The number of hydrogen-bond acceptors (Lipinski definition) is 5. The zero-order chi connectivity index (χ0) is 16.3. The molecule has 22 heavy (non-hydrogen) atoms. The Morgan fingerprint density at radius 1 is 1.36 bits per heavy atom. The highest BCUT2D eigenvalue weighted by molar-refractivity contribution is 5.91. The second kappa shape index (κ2) is 6.38. The molecule has 0 aliphatic carbocycles. The highest BCUT2D eigenvalue weighted by Crippen LogP contribution is 2.15. The van der Waals surface area contributed by atoms with Gasteiger partial charge in [0, 0.05) is 6.92 Å². The van der Waals surface area contributed by atoms with Crippen molar-refractivity contribution in [2.24, 2.45) is 0 Å². The van der Waals surface area contributed by atoms with Gasteiger partial charge in [0.05, 0.1) is 5.56 Å². The number of hydrogen-bond donors (Lipinski definition) is 0. The molecule has 2 rings (SSSR count). The third kappa shape index (κ3) is 3.13. The maximum atomic E-state index is 12.1. The third-order valence-electron chi connectivity index (χ3n) is 3.59. The van der Waals surface area contributed by atoms with Crippen LogP contribution in [0, 0.1) is 30.9 Å². The van der Waals surface area contributed by atoms with Gasteiger partial charge in [0.1, 0.15) is 19.3 Å². The number of imidazole rings is 1. The number of carbonyl (C=O) groups is 1. The van der Waals surface area contributed by atoms with E-state index in [2.05, 4.69) is 4.98 Å². The quantitative estimate of drug-likeness (QED) is 0.481. The summed E-state index contributed by atoms with van der Waals surface area (Å²) in [6.07, 6.45) is 1.20. The number of ether oxygens (including phenoxy) is 1. The van der Waals surface area contributed by atoms with Crippen molar-refractivity contribution in [2.75, 3.05) is 6.61 Å². The Bertz CT molecular complexity index is 722. The first-order valence-electron chi connectivity index (χ1n) is 6.81. The Kier molecular flexibility index (Phi) is 4.55. The topological polar surface area (TPSA) is 87.3 Å². The lowest BCUT2D eigenvalue weighted by Gasteiger charge is -2.09. The van der Waals surface area contributed by atoms with Gasteiger partial charge in [-0.05, 0) is 36.0 Å². The van der Waals surface area contributed by atoms with Gasteiger partial charge in [0.15, 0.2) is 5.82 Å². The van der Waals surface area contributed by atoms with Gasteiger partial charge in [0.2, 0.25) is 0 Å². The van der Waals surface area contributed by atoms with Crippen molar-refractivity contribution in [2.45, 2.75) is 27.3 Å². The van der Waals surface area contributed by atoms with Crippen molar-refractivity contribution in [1.82, 2.24) is 9.55 Å². The Hall–Kier alpha value is -2.70. The van der Waals surface area contributed by atoms with E-state index >= 15 is 0 Å². The van der Waals surface area contributed by atoms with Gasteiger partial charge in [-0.25, -0.2) is 14.3 Å². The van der Waals surface area contributed by atoms with E-state index in [4.69, 9.17) is 4.74 Å². The predicted octanol–water partition coefficient (Wildman–Crippen LogP) is 2.57. The fourth-order valence-electron chi connectivity index (χ4n) is 2.16. The summed E-state index contributed by atoms with van der Waals surface area (Å²) in [6, 6.07) is 5.42. The fraction of sp³-hybridized carbons (Fsp3) is 0.333. The third-order valence-corrected chi connectivity index (χ3v) is 3.59. The second-order valence-electron chi connectivity index (χ2n) is 4.96. The number of nitrogens with zero attached hydrogens (tertiary/aromatic N) is 3. The summed E-state index contributed by atoms with van der Waals surface area (Å²) >= 11 is 0. The number of benzene rings is 1.